The third-order valence-corrected chi connectivity index (χ3v) is 7.96. The number of rotatable bonds is 7. The van der Waals surface area contributed by atoms with Gasteiger partial charge in [0.2, 0.25) is 11.1 Å². The first-order valence-corrected chi connectivity index (χ1v) is 13.8. The van der Waals surface area contributed by atoms with Gasteiger partial charge < -0.3 is 9.47 Å². The van der Waals surface area contributed by atoms with E-state index in [0.29, 0.717) is 11.6 Å². The largest absolute Gasteiger partial charge is 0.338 e. The predicted molar refractivity (Wildman–Crippen MR) is 149 cm³/mol. The number of fused-ring (bicyclic) bond motifs is 4. The van der Waals surface area contributed by atoms with Gasteiger partial charge in [0.15, 0.2) is 5.65 Å². The standard InChI is InChI=1S/C30H29N5OS/c1-21-13-14-26-25(18-21)28-29(35(26)19-22-8-3-2-4-9-22)31-30(33-32-28)37-17-7-12-27(36)34-16-15-23-10-5-6-11-24(23)20-34/h2-6,8-11,13-14,18H,7,12,15-17,19-20H2,1H3. The van der Waals surface area contributed by atoms with E-state index in [1.807, 2.05) is 11.0 Å². The number of thioether (sulfide) groups is 1. The maximum atomic E-state index is 12.8. The van der Waals surface area contributed by atoms with Crippen LogP contribution in [0.4, 0.5) is 0 Å². The molecule has 186 valence electrons. The monoisotopic (exact) mass is 507 g/mol. The quantitative estimate of drug-likeness (QED) is 0.206. The molecule has 1 aliphatic rings. The molecule has 6 rings (SSSR count). The second-order valence-electron chi connectivity index (χ2n) is 9.64. The third-order valence-electron chi connectivity index (χ3n) is 7.04. The lowest BCUT2D eigenvalue weighted by Crippen LogP contribution is -2.35. The topological polar surface area (TPSA) is 63.9 Å². The summed E-state index contributed by atoms with van der Waals surface area (Å²) in [5.74, 6) is 1.00. The van der Waals surface area contributed by atoms with Crippen LogP contribution in [-0.4, -0.2) is 42.9 Å². The molecule has 3 aromatic carbocycles. The third kappa shape index (κ3) is 4.96. The molecular formula is C30H29N5OS. The van der Waals surface area contributed by atoms with Gasteiger partial charge in [0.25, 0.3) is 0 Å². The first-order chi connectivity index (χ1) is 18.2. The van der Waals surface area contributed by atoms with E-state index >= 15 is 0 Å². The number of carbonyl (C=O) groups excluding carboxylic acids is 1. The van der Waals surface area contributed by atoms with Crippen molar-refractivity contribution in [3.05, 3.63) is 95.1 Å². The number of nitrogens with zero attached hydrogens (tertiary/aromatic N) is 5. The van der Waals surface area contributed by atoms with Gasteiger partial charge in [0, 0.05) is 37.2 Å². The Balaban J connectivity index is 1.15. The number of aryl methyl sites for hydroxylation is 1. The molecule has 0 saturated heterocycles. The van der Waals surface area contributed by atoms with Crippen molar-refractivity contribution < 1.29 is 4.79 Å². The summed E-state index contributed by atoms with van der Waals surface area (Å²) in [4.78, 5) is 19.7. The number of hydrogen-bond donors (Lipinski definition) is 0. The maximum Gasteiger partial charge on any atom is 0.222 e. The highest BCUT2D eigenvalue weighted by atomic mass is 32.2. The normalized spacial score (nSPS) is 13.3. The molecule has 0 fully saturated rings. The van der Waals surface area contributed by atoms with Crippen molar-refractivity contribution in [3.8, 4) is 0 Å². The molecular weight excluding hydrogens is 478 g/mol. The lowest BCUT2D eigenvalue weighted by atomic mass is 10.00. The summed E-state index contributed by atoms with van der Waals surface area (Å²) in [7, 11) is 0. The van der Waals surface area contributed by atoms with Crippen LogP contribution in [0.1, 0.15) is 35.1 Å². The van der Waals surface area contributed by atoms with Gasteiger partial charge in [-0.15, -0.1) is 10.2 Å². The van der Waals surface area contributed by atoms with Gasteiger partial charge in [-0.3, -0.25) is 4.79 Å². The molecule has 0 aliphatic carbocycles. The highest BCUT2D eigenvalue weighted by Gasteiger charge is 2.20. The Morgan fingerprint density at radius 1 is 0.973 bits per heavy atom. The van der Waals surface area contributed by atoms with Crippen LogP contribution in [0.2, 0.25) is 0 Å². The van der Waals surface area contributed by atoms with E-state index in [9.17, 15) is 4.79 Å². The molecule has 0 saturated carbocycles. The summed E-state index contributed by atoms with van der Waals surface area (Å²) >= 11 is 1.57. The van der Waals surface area contributed by atoms with Gasteiger partial charge in [-0.05, 0) is 48.6 Å². The predicted octanol–water partition coefficient (Wildman–Crippen LogP) is 5.79. The molecule has 1 amide bonds. The van der Waals surface area contributed by atoms with Crippen molar-refractivity contribution in [1.29, 1.82) is 0 Å². The summed E-state index contributed by atoms with van der Waals surface area (Å²) in [5, 5.41) is 10.8. The fourth-order valence-electron chi connectivity index (χ4n) is 5.10. The van der Waals surface area contributed by atoms with Crippen LogP contribution in [0.5, 0.6) is 0 Å². The SMILES string of the molecule is Cc1ccc2c(c1)c1nnc(SCCCC(=O)N3CCc4ccccc4C3)nc1n2Cc1ccccc1. The van der Waals surface area contributed by atoms with E-state index in [4.69, 9.17) is 4.98 Å². The van der Waals surface area contributed by atoms with Gasteiger partial charge >= 0.3 is 0 Å². The van der Waals surface area contributed by atoms with Crippen LogP contribution >= 0.6 is 11.8 Å². The summed E-state index contributed by atoms with van der Waals surface area (Å²) in [6, 6.07) is 25.3. The average molecular weight is 508 g/mol. The Kier molecular flexibility index (Phi) is 6.62. The molecule has 0 unspecified atom stereocenters. The van der Waals surface area contributed by atoms with E-state index in [2.05, 4.69) is 88.4 Å². The first kappa shape index (κ1) is 23.7. The van der Waals surface area contributed by atoms with E-state index in [-0.39, 0.29) is 5.91 Å². The van der Waals surface area contributed by atoms with Crippen LogP contribution in [0, 0.1) is 6.92 Å². The van der Waals surface area contributed by atoms with Gasteiger partial charge in [-0.25, -0.2) is 4.98 Å². The van der Waals surface area contributed by atoms with Gasteiger partial charge in [0.05, 0.1) is 5.52 Å². The van der Waals surface area contributed by atoms with Crippen LogP contribution < -0.4 is 0 Å². The molecule has 0 N–H and O–H groups in total. The molecule has 37 heavy (non-hydrogen) atoms. The summed E-state index contributed by atoms with van der Waals surface area (Å²) in [6.07, 6.45) is 2.26. The Morgan fingerprint density at radius 2 is 1.78 bits per heavy atom. The maximum absolute atomic E-state index is 12.8. The van der Waals surface area contributed by atoms with E-state index in [1.54, 1.807) is 11.8 Å². The Morgan fingerprint density at radius 3 is 2.65 bits per heavy atom. The lowest BCUT2D eigenvalue weighted by Gasteiger charge is -2.29. The summed E-state index contributed by atoms with van der Waals surface area (Å²) < 4.78 is 2.23. The van der Waals surface area contributed by atoms with Crippen molar-refractivity contribution in [2.24, 2.45) is 0 Å². The number of hydrogen-bond acceptors (Lipinski definition) is 5. The Hall–Kier alpha value is -3.71. The molecule has 1 aliphatic heterocycles. The molecule has 0 spiro atoms. The number of carbonyl (C=O) groups is 1. The lowest BCUT2D eigenvalue weighted by molar-refractivity contribution is -0.132. The number of benzene rings is 3. The molecule has 3 heterocycles. The van der Waals surface area contributed by atoms with Crippen molar-refractivity contribution >= 4 is 39.7 Å². The molecule has 2 aromatic heterocycles. The molecule has 5 aromatic rings. The van der Waals surface area contributed by atoms with Crippen LogP contribution in [0.3, 0.4) is 0 Å². The molecule has 0 atom stereocenters. The zero-order valence-corrected chi connectivity index (χ0v) is 21.7. The smallest absolute Gasteiger partial charge is 0.222 e. The van der Waals surface area contributed by atoms with Crippen molar-refractivity contribution in [1.82, 2.24) is 24.6 Å². The van der Waals surface area contributed by atoms with Gasteiger partial charge in [0.1, 0.15) is 5.52 Å². The highest BCUT2D eigenvalue weighted by molar-refractivity contribution is 7.99. The van der Waals surface area contributed by atoms with Gasteiger partial charge in [-0.2, -0.15) is 0 Å². The first-order valence-electron chi connectivity index (χ1n) is 12.8. The second-order valence-corrected chi connectivity index (χ2v) is 10.7. The zero-order chi connectivity index (χ0) is 25.2. The molecule has 6 nitrogen and oxygen atoms in total. The minimum absolute atomic E-state index is 0.225. The van der Waals surface area contributed by atoms with Crippen LogP contribution in [0.15, 0.2) is 78.0 Å². The summed E-state index contributed by atoms with van der Waals surface area (Å²) in [5.41, 5.74) is 7.83. The van der Waals surface area contributed by atoms with E-state index in [1.165, 1.54) is 22.3 Å². The van der Waals surface area contributed by atoms with Crippen molar-refractivity contribution in [3.63, 3.8) is 0 Å². The van der Waals surface area contributed by atoms with Gasteiger partial charge in [-0.1, -0.05) is 78.0 Å². The number of aromatic nitrogens is 4. The summed E-state index contributed by atoms with van der Waals surface area (Å²) in [6.45, 7) is 4.34. The Labute approximate surface area is 220 Å². The van der Waals surface area contributed by atoms with Crippen molar-refractivity contribution in [2.45, 2.75) is 44.4 Å². The molecule has 0 bridgehead atoms. The van der Waals surface area contributed by atoms with E-state index < -0.39 is 0 Å². The molecule has 7 heteroatoms. The zero-order valence-electron chi connectivity index (χ0n) is 20.9. The fraction of sp³-hybridized carbons (Fsp3) is 0.267. The molecule has 0 radical (unpaired) electrons. The van der Waals surface area contributed by atoms with Crippen LogP contribution in [-0.2, 0) is 24.3 Å². The Bertz CT molecular complexity index is 1580. The highest BCUT2D eigenvalue weighted by Crippen LogP contribution is 2.29. The minimum Gasteiger partial charge on any atom is -0.338 e. The average Bonchev–Trinajstić information content (AvgIpc) is 3.23. The van der Waals surface area contributed by atoms with E-state index in [0.717, 1.165) is 60.3 Å². The number of amides is 1. The fourth-order valence-corrected chi connectivity index (χ4v) is 5.82. The van der Waals surface area contributed by atoms with Crippen LogP contribution in [0.25, 0.3) is 22.1 Å². The van der Waals surface area contributed by atoms with Crippen molar-refractivity contribution in [2.75, 3.05) is 12.3 Å². The minimum atomic E-state index is 0.225. The second kappa shape index (κ2) is 10.3.